The number of rotatable bonds is 3. The van der Waals surface area contributed by atoms with Gasteiger partial charge in [0.2, 0.25) is 0 Å². The molecule has 0 bridgehead atoms. The number of hydrogen-bond donors (Lipinski definition) is 2. The molecule has 0 saturated carbocycles. The molecule has 4 heteroatoms. The van der Waals surface area contributed by atoms with Gasteiger partial charge in [-0.2, -0.15) is 0 Å². The number of nitrogens with zero attached hydrogens (tertiary/aromatic N) is 1. The molecular weight excluding hydrogens is 326 g/mol. The number of piperidine rings is 1. The van der Waals surface area contributed by atoms with Gasteiger partial charge in [-0.05, 0) is 54.5 Å². The van der Waals surface area contributed by atoms with Gasteiger partial charge in [0.1, 0.15) is 5.75 Å². The van der Waals surface area contributed by atoms with Crippen molar-refractivity contribution in [2.45, 2.75) is 43.4 Å². The van der Waals surface area contributed by atoms with Crippen molar-refractivity contribution in [3.8, 4) is 5.75 Å². The van der Waals surface area contributed by atoms with Crippen molar-refractivity contribution in [3.63, 3.8) is 0 Å². The predicted molar refractivity (Wildman–Crippen MR) is 101 cm³/mol. The molecule has 1 heterocycles. The zero-order chi connectivity index (χ0) is 18.1. The van der Waals surface area contributed by atoms with E-state index in [9.17, 15) is 10.2 Å². The SMILES string of the molecule is COc1ccc2c(c1)CCC(N1CCC(O)(c3ccccc3)CC1)C2O. The molecule has 1 saturated heterocycles. The van der Waals surface area contributed by atoms with Crippen LogP contribution in [0.1, 0.15) is 42.1 Å². The quantitative estimate of drug-likeness (QED) is 0.891. The molecule has 4 nitrogen and oxygen atoms in total. The maximum Gasteiger partial charge on any atom is 0.119 e. The maximum absolute atomic E-state index is 11.0. The zero-order valence-corrected chi connectivity index (χ0v) is 15.3. The van der Waals surface area contributed by atoms with Crippen LogP contribution >= 0.6 is 0 Å². The number of likely N-dealkylation sites (tertiary alicyclic amines) is 1. The second-order valence-corrected chi connectivity index (χ2v) is 7.55. The summed E-state index contributed by atoms with van der Waals surface area (Å²) < 4.78 is 5.30. The Labute approximate surface area is 155 Å². The van der Waals surface area contributed by atoms with E-state index in [-0.39, 0.29) is 6.04 Å². The van der Waals surface area contributed by atoms with Gasteiger partial charge in [0.25, 0.3) is 0 Å². The average Bonchev–Trinajstić information content (AvgIpc) is 2.69. The van der Waals surface area contributed by atoms with E-state index in [4.69, 9.17) is 4.74 Å². The van der Waals surface area contributed by atoms with E-state index >= 15 is 0 Å². The summed E-state index contributed by atoms with van der Waals surface area (Å²) >= 11 is 0. The van der Waals surface area contributed by atoms with Gasteiger partial charge in [0.05, 0.1) is 18.8 Å². The first-order valence-corrected chi connectivity index (χ1v) is 9.47. The number of fused-ring (bicyclic) bond motifs is 1. The average molecular weight is 353 g/mol. The molecule has 138 valence electrons. The van der Waals surface area contributed by atoms with Gasteiger partial charge in [0.15, 0.2) is 0 Å². The smallest absolute Gasteiger partial charge is 0.119 e. The Balaban J connectivity index is 1.46. The third kappa shape index (κ3) is 3.13. The maximum atomic E-state index is 11.0. The first-order chi connectivity index (χ1) is 12.6. The van der Waals surface area contributed by atoms with Crippen LogP contribution in [0.4, 0.5) is 0 Å². The molecule has 2 aliphatic rings. The molecule has 26 heavy (non-hydrogen) atoms. The Morgan fingerprint density at radius 2 is 1.81 bits per heavy atom. The van der Waals surface area contributed by atoms with Crippen molar-refractivity contribution in [2.75, 3.05) is 20.2 Å². The molecule has 0 spiro atoms. The summed E-state index contributed by atoms with van der Waals surface area (Å²) in [4.78, 5) is 2.36. The van der Waals surface area contributed by atoms with Crippen LogP contribution in [0.3, 0.4) is 0 Å². The second-order valence-electron chi connectivity index (χ2n) is 7.55. The fourth-order valence-electron chi connectivity index (χ4n) is 4.53. The molecule has 2 atom stereocenters. The molecule has 0 amide bonds. The fraction of sp³-hybridized carbons (Fsp3) is 0.455. The highest BCUT2D eigenvalue weighted by atomic mass is 16.5. The largest absolute Gasteiger partial charge is 0.497 e. The van der Waals surface area contributed by atoms with Gasteiger partial charge in [-0.3, -0.25) is 4.90 Å². The van der Waals surface area contributed by atoms with Gasteiger partial charge >= 0.3 is 0 Å². The van der Waals surface area contributed by atoms with Crippen molar-refractivity contribution in [3.05, 3.63) is 65.2 Å². The predicted octanol–water partition coefficient (Wildman–Crippen LogP) is 3.03. The van der Waals surface area contributed by atoms with Gasteiger partial charge in [0, 0.05) is 19.1 Å². The Morgan fingerprint density at radius 3 is 2.50 bits per heavy atom. The first-order valence-electron chi connectivity index (χ1n) is 9.47. The highest BCUT2D eigenvalue weighted by Gasteiger charge is 2.39. The third-order valence-electron chi connectivity index (χ3n) is 6.15. The summed E-state index contributed by atoms with van der Waals surface area (Å²) in [7, 11) is 1.67. The highest BCUT2D eigenvalue weighted by Crippen LogP contribution is 2.39. The van der Waals surface area contributed by atoms with Gasteiger partial charge < -0.3 is 14.9 Å². The standard InChI is InChI=1S/C22H27NO3/c1-26-18-8-9-19-16(15-18)7-10-20(21(19)24)23-13-11-22(25,12-14-23)17-5-3-2-4-6-17/h2-6,8-9,15,20-21,24-25H,7,10-14H2,1H3. The van der Waals surface area contributed by atoms with Gasteiger partial charge in [-0.25, -0.2) is 0 Å². The van der Waals surface area contributed by atoms with Crippen LogP contribution in [0.15, 0.2) is 48.5 Å². The van der Waals surface area contributed by atoms with E-state index in [1.54, 1.807) is 7.11 Å². The number of aryl methyl sites for hydroxylation is 1. The lowest BCUT2D eigenvalue weighted by Gasteiger charge is -2.45. The van der Waals surface area contributed by atoms with Crippen molar-refractivity contribution in [2.24, 2.45) is 0 Å². The van der Waals surface area contributed by atoms with Crippen molar-refractivity contribution >= 4 is 0 Å². The zero-order valence-electron chi connectivity index (χ0n) is 15.3. The minimum Gasteiger partial charge on any atom is -0.497 e. The van der Waals surface area contributed by atoms with E-state index < -0.39 is 11.7 Å². The Hall–Kier alpha value is -1.88. The molecule has 0 radical (unpaired) electrons. The Morgan fingerprint density at radius 1 is 1.08 bits per heavy atom. The van der Waals surface area contributed by atoms with E-state index in [1.807, 2.05) is 48.5 Å². The first kappa shape index (κ1) is 17.5. The molecule has 1 aliphatic heterocycles. The summed E-state index contributed by atoms with van der Waals surface area (Å²) in [6.07, 6.45) is 2.82. The van der Waals surface area contributed by atoms with Crippen LogP contribution < -0.4 is 4.74 Å². The molecule has 2 aromatic carbocycles. The number of benzene rings is 2. The lowest BCUT2D eigenvalue weighted by Crippen LogP contribution is -2.50. The van der Waals surface area contributed by atoms with Gasteiger partial charge in [-0.1, -0.05) is 36.4 Å². The monoisotopic (exact) mass is 353 g/mol. The van der Waals surface area contributed by atoms with Crippen LogP contribution in [0.5, 0.6) is 5.75 Å². The molecule has 2 N–H and O–H groups in total. The van der Waals surface area contributed by atoms with E-state index in [2.05, 4.69) is 4.90 Å². The topological polar surface area (TPSA) is 52.9 Å². The van der Waals surface area contributed by atoms with Crippen LogP contribution in [0, 0.1) is 0 Å². The normalized spacial score (nSPS) is 25.5. The van der Waals surface area contributed by atoms with Crippen molar-refractivity contribution in [1.82, 2.24) is 4.90 Å². The molecule has 0 aromatic heterocycles. The van der Waals surface area contributed by atoms with Crippen LogP contribution in [-0.4, -0.2) is 41.4 Å². The van der Waals surface area contributed by atoms with E-state index in [0.717, 1.165) is 42.8 Å². The number of ether oxygens (including phenoxy) is 1. The van der Waals surface area contributed by atoms with Gasteiger partial charge in [-0.15, -0.1) is 0 Å². The van der Waals surface area contributed by atoms with Crippen molar-refractivity contribution < 1.29 is 14.9 Å². The number of aliphatic hydroxyl groups excluding tert-OH is 1. The van der Waals surface area contributed by atoms with Crippen LogP contribution in [0.25, 0.3) is 0 Å². The van der Waals surface area contributed by atoms with Crippen LogP contribution in [0.2, 0.25) is 0 Å². The van der Waals surface area contributed by atoms with Crippen molar-refractivity contribution in [1.29, 1.82) is 0 Å². The molecule has 4 rings (SSSR count). The third-order valence-corrected chi connectivity index (χ3v) is 6.15. The summed E-state index contributed by atoms with van der Waals surface area (Å²) in [5, 5.41) is 22.0. The Kier molecular flexibility index (Phi) is 4.74. The number of methoxy groups -OCH3 is 1. The summed E-state index contributed by atoms with van der Waals surface area (Å²) in [5.74, 6) is 0.847. The molecule has 2 aromatic rings. The molecule has 2 unspecified atom stereocenters. The second kappa shape index (κ2) is 7.03. The molecule has 1 aliphatic carbocycles. The summed E-state index contributed by atoms with van der Waals surface area (Å²) in [6.45, 7) is 1.61. The molecule has 1 fully saturated rings. The minimum absolute atomic E-state index is 0.121. The minimum atomic E-state index is -0.747. The van der Waals surface area contributed by atoms with Crippen LogP contribution in [-0.2, 0) is 12.0 Å². The number of aliphatic hydroxyl groups is 2. The lowest BCUT2D eigenvalue weighted by molar-refractivity contribution is -0.0568. The summed E-state index contributed by atoms with van der Waals surface area (Å²) in [6, 6.07) is 16.0. The van der Waals surface area contributed by atoms with E-state index in [1.165, 1.54) is 5.56 Å². The number of hydrogen-bond acceptors (Lipinski definition) is 4. The fourth-order valence-corrected chi connectivity index (χ4v) is 4.53. The highest BCUT2D eigenvalue weighted by molar-refractivity contribution is 5.39. The molecular formula is C22H27NO3. The van der Waals surface area contributed by atoms with E-state index in [0.29, 0.717) is 12.8 Å². The Bertz CT molecular complexity index is 753. The summed E-state index contributed by atoms with van der Waals surface area (Å²) in [5.41, 5.74) is 2.46. The lowest BCUT2D eigenvalue weighted by atomic mass is 9.81.